The van der Waals surface area contributed by atoms with Crippen LogP contribution in [-0.2, 0) is 0 Å². The molecule has 1 aromatic heterocycles. The normalized spacial score (nSPS) is 16.3. The summed E-state index contributed by atoms with van der Waals surface area (Å²) in [6, 6.07) is 18.4. The number of ether oxygens (including phenoxy) is 1. The van der Waals surface area contributed by atoms with Gasteiger partial charge in [-0.2, -0.15) is 0 Å². The van der Waals surface area contributed by atoms with E-state index in [0.717, 1.165) is 34.4 Å². The summed E-state index contributed by atoms with van der Waals surface area (Å²) in [5, 5.41) is 7.97. The first kappa shape index (κ1) is 29.1. The maximum absolute atomic E-state index is 12.5. The molecule has 4 aromatic rings. The highest BCUT2D eigenvalue weighted by Crippen LogP contribution is 2.45. The van der Waals surface area contributed by atoms with E-state index in [4.69, 9.17) is 18.0 Å². The number of nitrogens with one attached hydrogen (secondary N) is 1. The number of aromatic nitrogens is 3. The van der Waals surface area contributed by atoms with Gasteiger partial charge in [0.15, 0.2) is 10.9 Å². The number of rotatable bonds is 7. The van der Waals surface area contributed by atoms with Crippen LogP contribution >= 0.6 is 12.2 Å². The van der Waals surface area contributed by atoms with Crippen LogP contribution in [0.1, 0.15) is 48.8 Å². The van der Waals surface area contributed by atoms with E-state index in [1.54, 1.807) is 0 Å². The highest BCUT2D eigenvalue weighted by atomic mass is 32.1. The van der Waals surface area contributed by atoms with Crippen molar-refractivity contribution >= 4 is 29.0 Å². The third-order valence-corrected chi connectivity index (χ3v) is 7.34. The van der Waals surface area contributed by atoms with Crippen molar-refractivity contribution in [2.75, 3.05) is 5.32 Å². The molecule has 218 valence electrons. The van der Waals surface area contributed by atoms with Crippen molar-refractivity contribution in [2.45, 2.75) is 51.4 Å². The van der Waals surface area contributed by atoms with Gasteiger partial charge in [-0.1, -0.05) is 50.2 Å². The summed E-state index contributed by atoms with van der Waals surface area (Å²) in [4.78, 5) is 18.2. The molecule has 1 aliphatic carbocycles. The van der Waals surface area contributed by atoms with Crippen LogP contribution < -0.4 is 15.8 Å². The van der Waals surface area contributed by atoms with Crippen molar-refractivity contribution in [3.63, 3.8) is 0 Å². The summed E-state index contributed by atoms with van der Waals surface area (Å²) in [5.74, 6) is 0.469. The number of alkyl halides is 3. The second-order valence-corrected chi connectivity index (χ2v) is 10.9. The molecule has 2 amide bonds. The number of aryl methyl sites for hydroxylation is 1. The van der Waals surface area contributed by atoms with Crippen LogP contribution in [0.2, 0.25) is 0 Å². The molecule has 1 aliphatic rings. The van der Waals surface area contributed by atoms with Crippen molar-refractivity contribution in [1.29, 1.82) is 0 Å². The van der Waals surface area contributed by atoms with E-state index in [2.05, 4.69) is 40.1 Å². The van der Waals surface area contributed by atoms with Gasteiger partial charge in [-0.15, -0.1) is 18.3 Å². The molecule has 3 N–H and O–H groups in total. The van der Waals surface area contributed by atoms with Crippen LogP contribution in [0.25, 0.3) is 17.1 Å². The number of carbonyl (C=O) groups is 1. The zero-order valence-electron chi connectivity index (χ0n) is 23.1. The molecule has 0 radical (unpaired) electrons. The third-order valence-electron chi connectivity index (χ3n) is 7.04. The lowest BCUT2D eigenvalue weighted by atomic mass is 9.99. The number of hydrogen-bond donors (Lipinski definition) is 2. The zero-order chi connectivity index (χ0) is 30.2. The van der Waals surface area contributed by atoms with Gasteiger partial charge in [-0.05, 0) is 78.5 Å². The molecular formula is C30H29F3N6O2S. The van der Waals surface area contributed by atoms with Gasteiger partial charge in [-0.3, -0.25) is 4.90 Å². The Morgan fingerprint density at radius 2 is 1.81 bits per heavy atom. The molecule has 2 unspecified atom stereocenters. The van der Waals surface area contributed by atoms with E-state index in [1.165, 1.54) is 40.2 Å². The van der Waals surface area contributed by atoms with Crippen molar-refractivity contribution in [1.82, 2.24) is 19.7 Å². The van der Waals surface area contributed by atoms with Crippen LogP contribution in [0.15, 0.2) is 73.1 Å². The molecule has 8 nitrogen and oxygen atoms in total. The third kappa shape index (κ3) is 6.54. The van der Waals surface area contributed by atoms with Crippen molar-refractivity contribution in [3.8, 4) is 22.8 Å². The fourth-order valence-electron chi connectivity index (χ4n) is 4.90. The first-order valence-electron chi connectivity index (χ1n) is 13.3. The van der Waals surface area contributed by atoms with Crippen molar-refractivity contribution in [2.24, 2.45) is 5.73 Å². The molecule has 0 bridgehead atoms. The highest BCUT2D eigenvalue weighted by Gasteiger charge is 2.46. The topological polar surface area (TPSA) is 98.3 Å². The predicted molar refractivity (Wildman–Crippen MR) is 158 cm³/mol. The van der Waals surface area contributed by atoms with Crippen molar-refractivity contribution < 1.29 is 22.7 Å². The van der Waals surface area contributed by atoms with Crippen LogP contribution in [0.4, 0.5) is 23.7 Å². The minimum absolute atomic E-state index is 0.0660. The quantitative estimate of drug-likeness (QED) is 0.226. The largest absolute Gasteiger partial charge is 0.573 e. The second-order valence-electron chi connectivity index (χ2n) is 10.5. The molecule has 42 heavy (non-hydrogen) atoms. The standard InChI is InChI=1S/C30H29F3N6O2S/c1-17(2)23-13-4-18(3)14-25(23)36-29(42)39(28(34)40)26-15-24(26)19-5-7-20(8-6-19)27-35-16-38(37-27)21-9-11-22(12-10-21)41-30(31,32)33/h4-14,16-17,24,26H,15H2,1-3H3,(H2,34,40)(H,36,42). The summed E-state index contributed by atoms with van der Waals surface area (Å²) < 4.78 is 42.6. The Bertz CT molecular complexity index is 1600. The number of nitrogens with two attached hydrogens (primary N) is 1. The fourth-order valence-corrected chi connectivity index (χ4v) is 5.23. The van der Waals surface area contributed by atoms with Crippen LogP contribution in [0.3, 0.4) is 0 Å². The molecule has 12 heteroatoms. The Balaban J connectivity index is 1.26. The maximum Gasteiger partial charge on any atom is 0.573 e. The molecule has 0 saturated heterocycles. The Morgan fingerprint density at radius 1 is 1.12 bits per heavy atom. The number of nitrogens with zero attached hydrogens (tertiary/aromatic N) is 4. The summed E-state index contributed by atoms with van der Waals surface area (Å²) in [7, 11) is 0. The van der Waals surface area contributed by atoms with Gasteiger partial charge >= 0.3 is 12.4 Å². The molecule has 1 fully saturated rings. The lowest BCUT2D eigenvalue weighted by Gasteiger charge is -2.24. The minimum Gasteiger partial charge on any atom is -0.406 e. The van der Waals surface area contributed by atoms with E-state index in [9.17, 15) is 18.0 Å². The predicted octanol–water partition coefficient (Wildman–Crippen LogP) is 6.90. The number of thiocarbonyl (C=S) groups is 1. The number of urea groups is 1. The van der Waals surface area contributed by atoms with Gasteiger partial charge in [0.05, 0.1) is 5.69 Å². The van der Waals surface area contributed by atoms with Crippen LogP contribution in [0.5, 0.6) is 5.75 Å². The Kier molecular flexibility index (Phi) is 7.91. The smallest absolute Gasteiger partial charge is 0.406 e. The van der Waals surface area contributed by atoms with E-state index in [-0.39, 0.29) is 28.7 Å². The van der Waals surface area contributed by atoms with Gasteiger partial charge in [0, 0.05) is 23.2 Å². The number of primary amides is 1. The molecule has 1 heterocycles. The molecule has 2 atom stereocenters. The number of halogens is 3. The lowest BCUT2D eigenvalue weighted by Crippen LogP contribution is -2.45. The molecule has 0 spiro atoms. The summed E-state index contributed by atoms with van der Waals surface area (Å²) in [6.45, 7) is 6.19. The fraction of sp³-hybridized carbons (Fsp3) is 0.267. The van der Waals surface area contributed by atoms with E-state index < -0.39 is 12.4 Å². The van der Waals surface area contributed by atoms with Gasteiger partial charge in [0.25, 0.3) is 0 Å². The van der Waals surface area contributed by atoms with Gasteiger partial charge in [-0.25, -0.2) is 14.5 Å². The first-order chi connectivity index (χ1) is 19.9. The molecule has 3 aromatic carbocycles. The average molecular weight is 595 g/mol. The summed E-state index contributed by atoms with van der Waals surface area (Å²) >= 11 is 5.64. The Labute approximate surface area is 246 Å². The van der Waals surface area contributed by atoms with E-state index in [0.29, 0.717) is 11.5 Å². The summed E-state index contributed by atoms with van der Waals surface area (Å²) in [5.41, 5.74) is 11.1. The average Bonchev–Trinajstić information content (AvgIpc) is 3.52. The monoisotopic (exact) mass is 594 g/mol. The van der Waals surface area contributed by atoms with Gasteiger partial charge in [0.2, 0.25) is 0 Å². The molecular weight excluding hydrogens is 565 g/mol. The number of amides is 2. The van der Waals surface area contributed by atoms with Gasteiger partial charge < -0.3 is 15.8 Å². The number of carbonyl (C=O) groups excluding carboxylic acids is 1. The minimum atomic E-state index is -4.76. The lowest BCUT2D eigenvalue weighted by molar-refractivity contribution is -0.274. The number of hydrogen-bond acceptors (Lipinski definition) is 5. The number of benzene rings is 3. The van der Waals surface area contributed by atoms with Crippen molar-refractivity contribution in [3.05, 3.63) is 89.7 Å². The van der Waals surface area contributed by atoms with Crippen LogP contribution in [0, 0.1) is 6.92 Å². The second kappa shape index (κ2) is 11.4. The van der Waals surface area contributed by atoms with E-state index >= 15 is 0 Å². The molecule has 0 aliphatic heterocycles. The van der Waals surface area contributed by atoms with Crippen LogP contribution in [-0.4, -0.2) is 43.2 Å². The highest BCUT2D eigenvalue weighted by molar-refractivity contribution is 7.80. The maximum atomic E-state index is 12.5. The number of anilines is 1. The molecule has 1 saturated carbocycles. The SMILES string of the molecule is Cc1ccc(C(C)C)c(NC(=S)N(C(N)=O)C2CC2c2ccc(-c3ncn(-c4ccc(OC(F)(F)F)cc4)n3)cc2)c1. The Morgan fingerprint density at radius 3 is 2.43 bits per heavy atom. The summed E-state index contributed by atoms with van der Waals surface area (Å²) in [6.07, 6.45) is -2.55. The van der Waals surface area contributed by atoms with E-state index in [1.807, 2.05) is 43.3 Å². The van der Waals surface area contributed by atoms with Gasteiger partial charge in [0.1, 0.15) is 12.1 Å². The Hall–Kier alpha value is -4.45. The zero-order valence-corrected chi connectivity index (χ0v) is 23.9. The molecule has 5 rings (SSSR count). The first-order valence-corrected chi connectivity index (χ1v) is 13.7.